The lowest BCUT2D eigenvalue weighted by Crippen LogP contribution is -2.43. The summed E-state index contributed by atoms with van der Waals surface area (Å²) >= 11 is 0. The zero-order valence-electron chi connectivity index (χ0n) is 19.6. The first-order chi connectivity index (χ1) is 16.4. The second-order valence-corrected chi connectivity index (χ2v) is 7.93. The number of methoxy groups -OCH3 is 1. The maximum atomic E-state index is 13.9. The van der Waals surface area contributed by atoms with Crippen molar-refractivity contribution in [3.8, 4) is 17.6 Å². The summed E-state index contributed by atoms with van der Waals surface area (Å²) in [5, 5.41) is 9.53. The van der Waals surface area contributed by atoms with Crippen LogP contribution in [0.4, 0.5) is 4.39 Å². The molecule has 1 aliphatic rings. The van der Waals surface area contributed by atoms with E-state index in [9.17, 15) is 19.2 Å². The van der Waals surface area contributed by atoms with E-state index < -0.39 is 11.8 Å². The van der Waals surface area contributed by atoms with Gasteiger partial charge >= 0.3 is 0 Å². The van der Waals surface area contributed by atoms with Gasteiger partial charge in [0.1, 0.15) is 24.1 Å². The molecule has 0 bridgehead atoms. The van der Waals surface area contributed by atoms with E-state index in [1.54, 1.807) is 49.4 Å². The molecule has 6 nitrogen and oxygen atoms in total. The van der Waals surface area contributed by atoms with Crippen LogP contribution in [-0.4, -0.2) is 30.4 Å². The predicted octanol–water partition coefficient (Wildman–Crippen LogP) is 5.20. The highest BCUT2D eigenvalue weighted by Gasteiger charge is 2.35. The summed E-state index contributed by atoms with van der Waals surface area (Å²) in [6.07, 6.45) is 4.15. The van der Waals surface area contributed by atoms with Gasteiger partial charge in [0.2, 0.25) is 0 Å². The second-order valence-electron chi connectivity index (χ2n) is 7.93. The molecular weight excluding hydrogens is 435 g/mol. The van der Waals surface area contributed by atoms with Crippen LogP contribution in [0.1, 0.15) is 44.2 Å². The van der Waals surface area contributed by atoms with E-state index >= 15 is 0 Å². The van der Waals surface area contributed by atoms with E-state index in [-0.39, 0.29) is 30.1 Å². The number of carbonyl (C=O) groups excluding carboxylic acids is 2. The minimum atomic E-state index is -0.548. The molecule has 0 aromatic heterocycles. The normalized spacial score (nSPS) is 15.0. The van der Waals surface area contributed by atoms with Crippen molar-refractivity contribution in [1.29, 1.82) is 5.26 Å². The highest BCUT2D eigenvalue weighted by molar-refractivity contribution is 6.19. The number of ether oxygens (including phenoxy) is 2. The van der Waals surface area contributed by atoms with Crippen LogP contribution >= 0.6 is 0 Å². The first-order valence-corrected chi connectivity index (χ1v) is 11.1. The molecule has 1 aliphatic heterocycles. The summed E-state index contributed by atoms with van der Waals surface area (Å²) in [5.74, 6) is -0.493. The fraction of sp³-hybridized carbons (Fsp3) is 0.296. The van der Waals surface area contributed by atoms with E-state index in [0.717, 1.165) is 17.7 Å². The summed E-state index contributed by atoms with van der Waals surface area (Å²) in [4.78, 5) is 26.9. The van der Waals surface area contributed by atoms with Gasteiger partial charge in [-0.25, -0.2) is 4.39 Å². The Hall–Kier alpha value is -3.92. The van der Waals surface area contributed by atoms with E-state index in [2.05, 4.69) is 0 Å². The van der Waals surface area contributed by atoms with Crippen LogP contribution in [0, 0.1) is 17.1 Å². The monoisotopic (exact) mass is 462 g/mol. The number of rotatable bonds is 9. The fourth-order valence-corrected chi connectivity index (χ4v) is 3.68. The molecule has 0 unspecified atom stereocenters. The van der Waals surface area contributed by atoms with Crippen molar-refractivity contribution in [2.75, 3.05) is 13.7 Å². The maximum absolute atomic E-state index is 13.9. The third-order valence-corrected chi connectivity index (χ3v) is 5.65. The second kappa shape index (κ2) is 11.3. The minimum Gasteiger partial charge on any atom is -0.493 e. The molecule has 0 fully saturated rings. The van der Waals surface area contributed by atoms with E-state index in [1.165, 1.54) is 13.2 Å². The van der Waals surface area contributed by atoms with Crippen LogP contribution in [0.15, 0.2) is 59.2 Å². The van der Waals surface area contributed by atoms with Crippen molar-refractivity contribution in [2.24, 2.45) is 0 Å². The molecule has 0 spiro atoms. The van der Waals surface area contributed by atoms with Gasteiger partial charge in [0.25, 0.3) is 11.8 Å². The summed E-state index contributed by atoms with van der Waals surface area (Å²) < 4.78 is 25.1. The number of hydrogen-bond acceptors (Lipinski definition) is 5. The van der Waals surface area contributed by atoms with Crippen LogP contribution in [0.2, 0.25) is 0 Å². The quantitative estimate of drug-likeness (QED) is 0.291. The van der Waals surface area contributed by atoms with Gasteiger partial charge in [0.15, 0.2) is 11.5 Å². The zero-order chi connectivity index (χ0) is 24.7. The lowest BCUT2D eigenvalue weighted by Gasteiger charge is -2.27. The summed E-state index contributed by atoms with van der Waals surface area (Å²) in [6, 6.07) is 13.4. The molecule has 2 aromatic rings. The average Bonchev–Trinajstić information content (AvgIpc) is 2.84. The van der Waals surface area contributed by atoms with Gasteiger partial charge in [-0.1, -0.05) is 44.0 Å². The van der Waals surface area contributed by atoms with Crippen molar-refractivity contribution in [3.63, 3.8) is 0 Å². The van der Waals surface area contributed by atoms with Crippen LogP contribution in [0.3, 0.4) is 0 Å². The van der Waals surface area contributed by atoms with Gasteiger partial charge in [-0.05, 0) is 48.8 Å². The Labute approximate surface area is 198 Å². The maximum Gasteiger partial charge on any atom is 0.271 e. The highest BCUT2D eigenvalue weighted by atomic mass is 19.1. The Bertz CT molecular complexity index is 1190. The Kier molecular flexibility index (Phi) is 8.20. The van der Waals surface area contributed by atoms with Crippen LogP contribution in [-0.2, 0) is 16.2 Å². The molecule has 0 saturated heterocycles. The van der Waals surface area contributed by atoms with Crippen LogP contribution in [0.25, 0.3) is 6.08 Å². The van der Waals surface area contributed by atoms with Gasteiger partial charge in [-0.3, -0.25) is 14.5 Å². The Balaban J connectivity index is 1.90. The molecule has 7 heteroatoms. The first-order valence-electron chi connectivity index (χ1n) is 11.1. The van der Waals surface area contributed by atoms with Crippen molar-refractivity contribution >= 4 is 17.9 Å². The third-order valence-electron chi connectivity index (χ3n) is 5.65. The van der Waals surface area contributed by atoms with Crippen LogP contribution in [0.5, 0.6) is 11.5 Å². The van der Waals surface area contributed by atoms with Crippen molar-refractivity contribution in [2.45, 2.75) is 39.7 Å². The molecule has 0 saturated carbocycles. The van der Waals surface area contributed by atoms with E-state index in [1.807, 2.05) is 13.0 Å². The summed E-state index contributed by atoms with van der Waals surface area (Å²) in [5.41, 5.74) is 1.66. The summed E-state index contributed by atoms with van der Waals surface area (Å²) in [7, 11) is 1.49. The number of halogens is 1. The Morgan fingerprint density at radius 2 is 1.85 bits per heavy atom. The molecule has 3 rings (SSSR count). The first kappa shape index (κ1) is 24.7. The number of unbranched alkanes of at least 4 members (excludes halogenated alkanes) is 2. The predicted molar refractivity (Wildman–Crippen MR) is 126 cm³/mol. The number of nitriles is 1. The molecule has 0 atom stereocenters. The zero-order valence-corrected chi connectivity index (χ0v) is 19.6. The van der Waals surface area contributed by atoms with Crippen molar-refractivity contribution < 1.29 is 23.5 Å². The smallest absolute Gasteiger partial charge is 0.271 e. The Morgan fingerprint density at radius 1 is 1.09 bits per heavy atom. The number of hydrogen-bond donors (Lipinski definition) is 0. The average molecular weight is 463 g/mol. The number of imide groups is 1. The van der Waals surface area contributed by atoms with Gasteiger partial charge < -0.3 is 9.47 Å². The van der Waals surface area contributed by atoms with E-state index in [0.29, 0.717) is 34.6 Å². The molecule has 34 heavy (non-hydrogen) atoms. The van der Waals surface area contributed by atoms with Crippen molar-refractivity contribution in [3.05, 3.63) is 76.1 Å². The lowest BCUT2D eigenvalue weighted by atomic mass is 9.93. The SMILES string of the molecule is CCCCCN1C(=O)C(C#N)=C(C)/C(=C\c2ccc(OCc3ccccc3F)c(OC)c2)C1=O. The minimum absolute atomic E-state index is 0.0286. The molecule has 2 aromatic carbocycles. The topological polar surface area (TPSA) is 79.6 Å². The highest BCUT2D eigenvalue weighted by Crippen LogP contribution is 2.32. The molecule has 1 heterocycles. The molecule has 0 N–H and O–H groups in total. The van der Waals surface area contributed by atoms with Gasteiger partial charge in [-0.15, -0.1) is 0 Å². The molecule has 2 amide bonds. The van der Waals surface area contributed by atoms with Crippen molar-refractivity contribution in [1.82, 2.24) is 4.90 Å². The standard InChI is InChI=1S/C27H27FN2O4/c1-4-5-8-13-30-26(31)21(18(2)22(16-29)27(30)32)14-19-11-12-24(25(15-19)33-3)34-17-20-9-6-7-10-23(20)28/h6-7,9-12,14-15H,4-5,8,13,17H2,1-3H3/b21-14+. The lowest BCUT2D eigenvalue weighted by molar-refractivity contribution is -0.140. The molecule has 0 aliphatic carbocycles. The fourth-order valence-electron chi connectivity index (χ4n) is 3.68. The summed E-state index contributed by atoms with van der Waals surface area (Å²) in [6.45, 7) is 3.94. The van der Waals surface area contributed by atoms with E-state index in [4.69, 9.17) is 9.47 Å². The number of nitrogens with zero attached hydrogens (tertiary/aromatic N) is 2. The van der Waals surface area contributed by atoms with Crippen LogP contribution < -0.4 is 9.47 Å². The molecular formula is C27H27FN2O4. The Morgan fingerprint density at radius 3 is 2.53 bits per heavy atom. The third kappa shape index (κ3) is 5.34. The van der Waals surface area contributed by atoms with Gasteiger partial charge in [-0.2, -0.15) is 5.26 Å². The molecule has 176 valence electrons. The number of amides is 2. The molecule has 0 radical (unpaired) electrons. The van der Waals surface area contributed by atoms with Gasteiger partial charge in [0.05, 0.1) is 7.11 Å². The largest absolute Gasteiger partial charge is 0.493 e. The number of benzene rings is 2. The van der Waals surface area contributed by atoms with Gasteiger partial charge in [0, 0.05) is 17.7 Å². The number of carbonyl (C=O) groups is 2.